The van der Waals surface area contributed by atoms with Crippen molar-refractivity contribution in [1.82, 2.24) is 5.32 Å². The van der Waals surface area contributed by atoms with Crippen LogP contribution in [0.25, 0.3) is 0 Å². The van der Waals surface area contributed by atoms with E-state index < -0.39 is 11.7 Å². The van der Waals surface area contributed by atoms with Gasteiger partial charge in [-0.05, 0) is 31.5 Å². The lowest BCUT2D eigenvalue weighted by Gasteiger charge is -2.28. The van der Waals surface area contributed by atoms with Crippen molar-refractivity contribution in [2.45, 2.75) is 25.1 Å². The number of hydrogen-bond acceptors (Lipinski definition) is 1. The quantitative estimate of drug-likeness (QED) is 0.806. The first-order chi connectivity index (χ1) is 6.64. The Labute approximate surface area is 100 Å². The molecular formula is C11H14Cl2FN. The molecule has 2 unspecified atom stereocenters. The van der Waals surface area contributed by atoms with E-state index in [4.69, 9.17) is 11.6 Å². The summed E-state index contributed by atoms with van der Waals surface area (Å²) >= 11 is 6.05. The average Bonchev–Trinajstić information content (AvgIpc) is 2.49. The van der Waals surface area contributed by atoms with Gasteiger partial charge in [-0.1, -0.05) is 29.8 Å². The third kappa shape index (κ3) is 2.12. The molecule has 0 radical (unpaired) electrons. The zero-order valence-electron chi connectivity index (χ0n) is 8.47. The first kappa shape index (κ1) is 12.8. The van der Waals surface area contributed by atoms with E-state index in [9.17, 15) is 4.39 Å². The van der Waals surface area contributed by atoms with Gasteiger partial charge in [-0.2, -0.15) is 0 Å². The fourth-order valence-corrected chi connectivity index (χ4v) is 2.34. The first-order valence-corrected chi connectivity index (χ1v) is 5.16. The number of alkyl halides is 1. The van der Waals surface area contributed by atoms with E-state index in [1.807, 2.05) is 25.1 Å². The van der Waals surface area contributed by atoms with Crippen molar-refractivity contribution in [1.29, 1.82) is 0 Å². The molecule has 1 N–H and O–H groups in total. The van der Waals surface area contributed by atoms with Gasteiger partial charge in [0.25, 0.3) is 0 Å². The van der Waals surface area contributed by atoms with Gasteiger partial charge in [0, 0.05) is 5.02 Å². The lowest BCUT2D eigenvalue weighted by atomic mass is 9.89. The molecule has 1 heterocycles. The van der Waals surface area contributed by atoms with Crippen LogP contribution in [-0.2, 0) is 5.54 Å². The smallest absolute Gasteiger partial charge is 0.123 e. The molecule has 0 spiro atoms. The van der Waals surface area contributed by atoms with E-state index in [0.29, 0.717) is 18.0 Å². The predicted molar refractivity (Wildman–Crippen MR) is 63.6 cm³/mol. The van der Waals surface area contributed by atoms with Gasteiger partial charge >= 0.3 is 0 Å². The molecule has 84 valence electrons. The second kappa shape index (κ2) is 4.69. The topological polar surface area (TPSA) is 12.0 Å². The number of hydrogen-bond donors (Lipinski definition) is 1. The maximum atomic E-state index is 13.7. The summed E-state index contributed by atoms with van der Waals surface area (Å²) in [6.07, 6.45) is -0.302. The van der Waals surface area contributed by atoms with E-state index >= 15 is 0 Å². The normalized spacial score (nSPS) is 29.9. The summed E-state index contributed by atoms with van der Waals surface area (Å²) in [7, 11) is 0. The minimum Gasteiger partial charge on any atom is -0.305 e. The largest absolute Gasteiger partial charge is 0.305 e. The third-order valence-electron chi connectivity index (χ3n) is 2.95. The first-order valence-electron chi connectivity index (χ1n) is 4.79. The van der Waals surface area contributed by atoms with Crippen LogP contribution in [0, 0.1) is 0 Å². The molecule has 0 aromatic heterocycles. The summed E-state index contributed by atoms with van der Waals surface area (Å²) in [6, 6.07) is 7.43. The molecule has 0 amide bonds. The Hall–Kier alpha value is -0.310. The minimum atomic E-state index is -0.859. The number of nitrogens with one attached hydrogen (secondary N) is 1. The molecule has 1 aromatic carbocycles. The molecule has 1 aliphatic heterocycles. The average molecular weight is 250 g/mol. The Balaban J connectivity index is 0.00000112. The number of halogens is 3. The third-order valence-corrected chi connectivity index (χ3v) is 3.28. The summed E-state index contributed by atoms with van der Waals surface area (Å²) in [5.41, 5.74) is 0.241. The van der Waals surface area contributed by atoms with Crippen molar-refractivity contribution in [2.75, 3.05) is 6.54 Å². The summed E-state index contributed by atoms with van der Waals surface area (Å²) < 4.78 is 13.7. The Kier molecular flexibility index (Phi) is 3.99. The van der Waals surface area contributed by atoms with Crippen LogP contribution in [0.3, 0.4) is 0 Å². The van der Waals surface area contributed by atoms with E-state index in [1.165, 1.54) is 0 Å². The van der Waals surface area contributed by atoms with Gasteiger partial charge in [-0.15, -0.1) is 12.4 Å². The van der Waals surface area contributed by atoms with Crippen molar-refractivity contribution in [3.05, 3.63) is 34.9 Å². The maximum absolute atomic E-state index is 13.7. The van der Waals surface area contributed by atoms with E-state index in [-0.39, 0.29) is 12.4 Å². The summed E-state index contributed by atoms with van der Waals surface area (Å²) in [4.78, 5) is 0. The molecule has 0 bridgehead atoms. The van der Waals surface area contributed by atoms with Crippen molar-refractivity contribution in [2.24, 2.45) is 0 Å². The van der Waals surface area contributed by atoms with Crippen molar-refractivity contribution in [3.63, 3.8) is 0 Å². The SMILES string of the molecule is CC1(c2ccccc2Cl)NCCC1F.Cl. The zero-order chi connectivity index (χ0) is 10.2. The molecule has 0 aliphatic carbocycles. The van der Waals surface area contributed by atoms with Crippen LogP contribution in [0.2, 0.25) is 5.02 Å². The lowest BCUT2D eigenvalue weighted by Crippen LogP contribution is -2.40. The van der Waals surface area contributed by atoms with Crippen LogP contribution in [-0.4, -0.2) is 12.7 Å². The molecular weight excluding hydrogens is 236 g/mol. The molecule has 15 heavy (non-hydrogen) atoms. The summed E-state index contributed by atoms with van der Waals surface area (Å²) in [6.45, 7) is 2.58. The molecule has 2 rings (SSSR count). The van der Waals surface area contributed by atoms with Crippen LogP contribution < -0.4 is 5.32 Å². The highest BCUT2D eigenvalue weighted by Crippen LogP contribution is 2.36. The summed E-state index contributed by atoms with van der Waals surface area (Å²) in [5.74, 6) is 0. The predicted octanol–water partition coefficient (Wildman–Crippen LogP) is 3.31. The molecule has 2 atom stereocenters. The van der Waals surface area contributed by atoms with Gasteiger partial charge in [-0.25, -0.2) is 4.39 Å². The number of benzene rings is 1. The van der Waals surface area contributed by atoms with Crippen molar-refractivity contribution < 1.29 is 4.39 Å². The Morgan fingerprint density at radius 3 is 2.67 bits per heavy atom. The second-order valence-electron chi connectivity index (χ2n) is 3.87. The Morgan fingerprint density at radius 2 is 2.13 bits per heavy atom. The molecule has 1 nitrogen and oxygen atoms in total. The fraction of sp³-hybridized carbons (Fsp3) is 0.455. The van der Waals surface area contributed by atoms with Gasteiger partial charge < -0.3 is 5.32 Å². The standard InChI is InChI=1S/C11H13ClFN.ClH/c1-11(10(13)6-7-14-11)8-4-2-3-5-9(8)12;/h2-5,10,14H,6-7H2,1H3;1H. The van der Waals surface area contributed by atoms with E-state index in [1.54, 1.807) is 6.07 Å². The molecule has 1 aromatic rings. The van der Waals surface area contributed by atoms with Gasteiger partial charge in [-0.3, -0.25) is 0 Å². The van der Waals surface area contributed by atoms with Crippen LogP contribution >= 0.6 is 24.0 Å². The highest BCUT2D eigenvalue weighted by Gasteiger charge is 2.41. The maximum Gasteiger partial charge on any atom is 0.123 e. The van der Waals surface area contributed by atoms with Crippen molar-refractivity contribution in [3.8, 4) is 0 Å². The molecule has 4 heteroatoms. The van der Waals surface area contributed by atoms with Crippen LogP contribution in [0.15, 0.2) is 24.3 Å². The Morgan fingerprint density at radius 1 is 1.47 bits per heavy atom. The van der Waals surface area contributed by atoms with Crippen LogP contribution in [0.4, 0.5) is 4.39 Å². The highest BCUT2D eigenvalue weighted by atomic mass is 35.5. The van der Waals surface area contributed by atoms with Gasteiger partial charge in [0.2, 0.25) is 0 Å². The van der Waals surface area contributed by atoms with Gasteiger partial charge in [0.15, 0.2) is 0 Å². The van der Waals surface area contributed by atoms with E-state index in [2.05, 4.69) is 5.32 Å². The second-order valence-corrected chi connectivity index (χ2v) is 4.27. The van der Waals surface area contributed by atoms with Crippen LogP contribution in [0.1, 0.15) is 18.9 Å². The van der Waals surface area contributed by atoms with Gasteiger partial charge in [0.05, 0.1) is 5.54 Å². The number of rotatable bonds is 1. The molecule has 1 aliphatic rings. The summed E-state index contributed by atoms with van der Waals surface area (Å²) in [5, 5.41) is 3.81. The molecule has 1 saturated heterocycles. The lowest BCUT2D eigenvalue weighted by molar-refractivity contribution is 0.220. The monoisotopic (exact) mass is 249 g/mol. The van der Waals surface area contributed by atoms with Gasteiger partial charge in [0.1, 0.15) is 6.17 Å². The van der Waals surface area contributed by atoms with Crippen LogP contribution in [0.5, 0.6) is 0 Å². The minimum absolute atomic E-state index is 0. The van der Waals surface area contributed by atoms with E-state index in [0.717, 1.165) is 5.56 Å². The zero-order valence-corrected chi connectivity index (χ0v) is 10.0. The fourth-order valence-electron chi connectivity index (χ4n) is 2.00. The molecule has 1 fully saturated rings. The Bertz CT molecular complexity index is 345. The highest BCUT2D eigenvalue weighted by molar-refractivity contribution is 6.31. The van der Waals surface area contributed by atoms with Crippen molar-refractivity contribution >= 4 is 24.0 Å². The molecule has 0 saturated carbocycles.